The molecule has 0 atom stereocenters. The zero-order valence-electron chi connectivity index (χ0n) is 10.9. The van der Waals surface area contributed by atoms with Crippen molar-refractivity contribution in [3.05, 3.63) is 30.3 Å². The SMILES string of the molecule is CC(=O)O[CH2][Ge]([CH3])([CH2]OC(C)=O)[c]1ccccc1. The molecule has 1 aromatic rings. The van der Waals surface area contributed by atoms with Gasteiger partial charge in [0.05, 0.1) is 0 Å². The molecule has 0 spiro atoms. The Bertz CT molecular complexity index is 398. The van der Waals surface area contributed by atoms with Crippen LogP contribution in [0.2, 0.25) is 5.76 Å². The van der Waals surface area contributed by atoms with Gasteiger partial charge in [-0.05, 0) is 0 Å². The number of hydrogen-bond acceptors (Lipinski definition) is 4. The monoisotopic (exact) mass is 312 g/mol. The van der Waals surface area contributed by atoms with Gasteiger partial charge < -0.3 is 0 Å². The fraction of sp³-hybridized carbons (Fsp3) is 0.385. The predicted molar refractivity (Wildman–Crippen MR) is 71.0 cm³/mol. The van der Waals surface area contributed by atoms with Crippen molar-refractivity contribution in [1.29, 1.82) is 0 Å². The quantitative estimate of drug-likeness (QED) is 0.605. The third-order valence-corrected chi connectivity index (χ3v) is 9.56. The van der Waals surface area contributed by atoms with Gasteiger partial charge in [0.2, 0.25) is 0 Å². The van der Waals surface area contributed by atoms with Crippen LogP contribution in [0.5, 0.6) is 0 Å². The summed E-state index contributed by atoms with van der Waals surface area (Å²) >= 11 is -2.70. The first-order valence-electron chi connectivity index (χ1n) is 5.76. The molecular weight excluding hydrogens is 293 g/mol. The van der Waals surface area contributed by atoms with E-state index in [0.29, 0.717) is 10.9 Å². The summed E-state index contributed by atoms with van der Waals surface area (Å²) in [5, 5.41) is 0. The normalized spacial score (nSPS) is 10.8. The molecule has 0 amide bonds. The Kier molecular flexibility index (Phi) is 5.40. The first-order valence-corrected chi connectivity index (χ1v) is 11.9. The second-order valence-corrected chi connectivity index (χ2v) is 13.5. The van der Waals surface area contributed by atoms with Gasteiger partial charge in [-0.15, -0.1) is 0 Å². The molecule has 0 saturated carbocycles. The van der Waals surface area contributed by atoms with Crippen LogP contribution in [0, 0.1) is 0 Å². The molecule has 4 nitrogen and oxygen atoms in total. The van der Waals surface area contributed by atoms with E-state index in [0.717, 1.165) is 4.40 Å². The molecule has 0 saturated heterocycles. The van der Waals surface area contributed by atoms with Crippen LogP contribution in [0.1, 0.15) is 13.8 Å². The molecule has 0 aromatic heterocycles. The van der Waals surface area contributed by atoms with Gasteiger partial charge in [-0.25, -0.2) is 0 Å². The molecule has 5 heteroatoms. The fourth-order valence-electron chi connectivity index (χ4n) is 1.57. The number of benzene rings is 1. The molecule has 0 unspecified atom stereocenters. The Morgan fingerprint density at radius 3 is 1.83 bits per heavy atom. The standard InChI is InChI=1S/C13H18GeO4/c1-11(15)17-9-14(3,10-18-12(2)16)13-7-5-4-6-8-13/h4-8H,9-10H2,1-3H3. The number of rotatable bonds is 5. The van der Waals surface area contributed by atoms with Crippen LogP contribution in [-0.4, -0.2) is 36.1 Å². The van der Waals surface area contributed by atoms with Crippen molar-refractivity contribution in [1.82, 2.24) is 0 Å². The molecule has 0 bridgehead atoms. The maximum atomic E-state index is 11.0. The van der Waals surface area contributed by atoms with Gasteiger partial charge in [-0.1, -0.05) is 0 Å². The summed E-state index contributed by atoms with van der Waals surface area (Å²) < 4.78 is 11.4. The van der Waals surface area contributed by atoms with Crippen molar-refractivity contribution < 1.29 is 19.1 Å². The summed E-state index contributed by atoms with van der Waals surface area (Å²) in [6.07, 6.45) is 0. The maximum absolute atomic E-state index is 11.0. The Morgan fingerprint density at radius 1 is 1.00 bits per heavy atom. The molecule has 0 heterocycles. The molecule has 18 heavy (non-hydrogen) atoms. The van der Waals surface area contributed by atoms with Crippen LogP contribution in [0.25, 0.3) is 0 Å². The Balaban J connectivity index is 2.86. The summed E-state index contributed by atoms with van der Waals surface area (Å²) in [5.74, 6) is 1.48. The number of carbonyl (C=O) groups is 2. The van der Waals surface area contributed by atoms with Gasteiger partial charge >= 0.3 is 109 Å². The van der Waals surface area contributed by atoms with Crippen molar-refractivity contribution in [2.24, 2.45) is 0 Å². The average molecular weight is 311 g/mol. The van der Waals surface area contributed by atoms with Gasteiger partial charge in [0, 0.05) is 0 Å². The summed E-state index contributed by atoms with van der Waals surface area (Å²) in [6.45, 7) is 2.78. The van der Waals surface area contributed by atoms with Crippen molar-refractivity contribution in [3.63, 3.8) is 0 Å². The van der Waals surface area contributed by atoms with Crippen LogP contribution in [0.3, 0.4) is 0 Å². The van der Waals surface area contributed by atoms with E-state index in [1.807, 2.05) is 30.3 Å². The van der Waals surface area contributed by atoms with Gasteiger partial charge in [-0.2, -0.15) is 0 Å². The van der Waals surface area contributed by atoms with Crippen molar-refractivity contribution in [2.45, 2.75) is 19.6 Å². The molecule has 0 aliphatic rings. The van der Waals surface area contributed by atoms with Crippen LogP contribution < -0.4 is 4.40 Å². The minimum absolute atomic E-state index is 0.300. The third-order valence-electron chi connectivity index (χ3n) is 2.66. The molecule has 0 aliphatic carbocycles. The van der Waals surface area contributed by atoms with Crippen molar-refractivity contribution in [3.8, 4) is 0 Å². The van der Waals surface area contributed by atoms with Crippen LogP contribution >= 0.6 is 0 Å². The van der Waals surface area contributed by atoms with Crippen LogP contribution in [0.4, 0.5) is 0 Å². The fourth-order valence-corrected chi connectivity index (χ4v) is 6.73. The number of hydrogen-bond donors (Lipinski definition) is 0. The van der Waals surface area contributed by atoms with Crippen molar-refractivity contribution in [2.75, 3.05) is 10.9 Å². The summed E-state index contributed by atoms with van der Waals surface area (Å²) in [6, 6.07) is 9.84. The minimum atomic E-state index is -2.70. The second kappa shape index (κ2) is 6.59. The number of esters is 2. The van der Waals surface area contributed by atoms with E-state index in [1.54, 1.807) is 0 Å². The first kappa shape index (κ1) is 14.8. The zero-order chi connectivity index (χ0) is 13.6. The van der Waals surface area contributed by atoms with E-state index in [1.165, 1.54) is 13.8 Å². The van der Waals surface area contributed by atoms with Crippen LogP contribution in [0.15, 0.2) is 30.3 Å². The summed E-state index contributed by atoms with van der Waals surface area (Å²) in [4.78, 5) is 21.9. The Labute approximate surface area is 110 Å². The van der Waals surface area contributed by atoms with Crippen molar-refractivity contribution >= 4 is 29.6 Å². The van der Waals surface area contributed by atoms with E-state index >= 15 is 0 Å². The molecule has 98 valence electrons. The molecule has 1 rings (SSSR count). The number of carbonyl (C=O) groups excluding carboxylic acids is 2. The summed E-state index contributed by atoms with van der Waals surface area (Å²) in [7, 11) is 0. The van der Waals surface area contributed by atoms with Gasteiger partial charge in [0.25, 0.3) is 0 Å². The molecular formula is C13H18GeO4. The molecule has 0 radical (unpaired) electrons. The van der Waals surface area contributed by atoms with E-state index in [4.69, 9.17) is 9.47 Å². The zero-order valence-corrected chi connectivity index (χ0v) is 13.0. The van der Waals surface area contributed by atoms with Gasteiger partial charge in [-0.3, -0.25) is 0 Å². The van der Waals surface area contributed by atoms with Crippen LogP contribution in [-0.2, 0) is 19.1 Å². The average Bonchev–Trinajstić information content (AvgIpc) is 2.35. The Morgan fingerprint density at radius 2 is 1.44 bits per heavy atom. The second-order valence-electron chi connectivity index (χ2n) is 4.49. The van der Waals surface area contributed by atoms with E-state index in [-0.39, 0.29) is 11.9 Å². The van der Waals surface area contributed by atoms with E-state index in [9.17, 15) is 9.59 Å². The summed E-state index contributed by atoms with van der Waals surface area (Å²) in [5.41, 5.74) is 0.735. The van der Waals surface area contributed by atoms with E-state index < -0.39 is 13.3 Å². The first-order chi connectivity index (χ1) is 8.44. The van der Waals surface area contributed by atoms with Gasteiger partial charge in [0.15, 0.2) is 0 Å². The third kappa shape index (κ3) is 4.52. The number of ether oxygens (including phenoxy) is 2. The molecule has 0 aliphatic heterocycles. The predicted octanol–water partition coefficient (Wildman–Crippen LogP) is 1.18. The molecule has 0 N–H and O–H groups in total. The van der Waals surface area contributed by atoms with E-state index in [2.05, 4.69) is 5.76 Å². The van der Waals surface area contributed by atoms with Gasteiger partial charge in [0.1, 0.15) is 0 Å². The topological polar surface area (TPSA) is 52.6 Å². The molecule has 0 fully saturated rings. The Hall–Kier alpha value is -1.30. The molecule has 1 aromatic carbocycles.